The minimum absolute atomic E-state index is 0. The Morgan fingerprint density at radius 3 is 2.70 bits per heavy atom. The third-order valence-corrected chi connectivity index (χ3v) is 4.32. The van der Waals surface area contributed by atoms with Crippen LogP contribution in [0.5, 0.6) is 5.75 Å². The fourth-order valence-electron chi connectivity index (χ4n) is 2.21. The summed E-state index contributed by atoms with van der Waals surface area (Å²) in [6.45, 7) is 6.58. The van der Waals surface area contributed by atoms with Crippen LogP contribution in [0.25, 0.3) is 0 Å². The number of thiazole rings is 1. The van der Waals surface area contributed by atoms with E-state index in [1.807, 2.05) is 20.0 Å². The number of aryl methyl sites for hydroxylation is 1. The molecule has 7 nitrogen and oxygen atoms in total. The van der Waals surface area contributed by atoms with E-state index in [1.54, 1.807) is 23.5 Å². The second kappa shape index (κ2) is 12.5. The summed E-state index contributed by atoms with van der Waals surface area (Å²) in [7, 11) is 0. The van der Waals surface area contributed by atoms with Gasteiger partial charge in [0, 0.05) is 36.3 Å². The van der Waals surface area contributed by atoms with Gasteiger partial charge in [0.15, 0.2) is 5.96 Å². The van der Waals surface area contributed by atoms with Crippen LogP contribution in [-0.2, 0) is 6.54 Å². The van der Waals surface area contributed by atoms with E-state index < -0.39 is 0 Å². The lowest BCUT2D eigenvalue weighted by atomic mass is 10.2. The molecule has 0 fully saturated rings. The highest BCUT2D eigenvalue weighted by Gasteiger charge is 2.05. The topological polar surface area (TPSA) is 98.6 Å². The average Bonchev–Trinajstić information content (AvgIpc) is 3.04. The molecule has 9 heteroatoms. The van der Waals surface area contributed by atoms with E-state index in [0.717, 1.165) is 23.9 Å². The molecule has 27 heavy (non-hydrogen) atoms. The number of hydrogen-bond donors (Lipinski definition) is 4. The van der Waals surface area contributed by atoms with Gasteiger partial charge in [-0.1, -0.05) is 6.07 Å². The average molecular weight is 503 g/mol. The number of hydrogen-bond acceptors (Lipinski definition) is 5. The molecule has 1 aromatic carbocycles. The lowest BCUT2D eigenvalue weighted by molar-refractivity contribution is 0.0953. The molecule has 0 unspecified atom stereocenters. The molecule has 0 saturated heterocycles. The van der Waals surface area contributed by atoms with E-state index in [0.29, 0.717) is 25.2 Å². The lowest BCUT2D eigenvalue weighted by Crippen LogP contribution is -2.38. The summed E-state index contributed by atoms with van der Waals surface area (Å²) in [5, 5.41) is 19.7. The molecule has 2 rings (SSSR count). The number of carbonyl (C=O) groups is 1. The van der Waals surface area contributed by atoms with Crippen LogP contribution in [0.3, 0.4) is 0 Å². The number of aromatic nitrogens is 1. The van der Waals surface area contributed by atoms with Crippen molar-refractivity contribution in [1.82, 2.24) is 20.9 Å². The summed E-state index contributed by atoms with van der Waals surface area (Å²) in [5.74, 6) is 0.626. The monoisotopic (exact) mass is 503 g/mol. The molecule has 1 aromatic heterocycles. The normalized spacial score (nSPS) is 10.8. The van der Waals surface area contributed by atoms with Crippen LogP contribution in [0, 0.1) is 6.92 Å². The number of guanidine groups is 1. The third-order valence-electron chi connectivity index (χ3n) is 3.43. The predicted octanol–water partition coefficient (Wildman–Crippen LogP) is 2.65. The smallest absolute Gasteiger partial charge is 0.251 e. The Balaban J connectivity index is 0.00000364. The quantitative estimate of drug-likeness (QED) is 0.192. The Morgan fingerprint density at radius 1 is 1.26 bits per heavy atom. The number of aromatic hydroxyl groups is 1. The molecular formula is C18H26IN5O2S. The van der Waals surface area contributed by atoms with Gasteiger partial charge in [0.1, 0.15) is 10.8 Å². The first-order valence-electron chi connectivity index (χ1n) is 8.59. The number of nitrogens with one attached hydrogen (secondary N) is 3. The molecule has 2 aromatic rings. The second-order valence-electron chi connectivity index (χ2n) is 5.65. The highest BCUT2D eigenvalue weighted by molar-refractivity contribution is 14.0. The van der Waals surface area contributed by atoms with Gasteiger partial charge in [-0.15, -0.1) is 35.3 Å². The van der Waals surface area contributed by atoms with Crippen LogP contribution in [0.1, 0.15) is 33.6 Å². The van der Waals surface area contributed by atoms with Gasteiger partial charge in [-0.3, -0.25) is 4.79 Å². The first kappa shape index (κ1) is 23.2. The fourth-order valence-corrected chi connectivity index (χ4v) is 2.92. The van der Waals surface area contributed by atoms with Crippen LogP contribution in [0.15, 0.2) is 35.5 Å². The number of amides is 1. The molecule has 0 aliphatic rings. The molecule has 0 aliphatic heterocycles. The van der Waals surface area contributed by atoms with Crippen molar-refractivity contribution in [3.63, 3.8) is 0 Å². The molecule has 0 bridgehead atoms. The molecule has 148 valence electrons. The number of halogens is 1. The van der Waals surface area contributed by atoms with Crippen molar-refractivity contribution >= 4 is 47.2 Å². The summed E-state index contributed by atoms with van der Waals surface area (Å²) in [4.78, 5) is 22.0. The Morgan fingerprint density at radius 2 is 2.04 bits per heavy atom. The Bertz CT molecular complexity index is 751. The predicted molar refractivity (Wildman–Crippen MR) is 120 cm³/mol. The van der Waals surface area contributed by atoms with Gasteiger partial charge < -0.3 is 21.1 Å². The van der Waals surface area contributed by atoms with Crippen molar-refractivity contribution in [3.05, 3.63) is 45.9 Å². The van der Waals surface area contributed by atoms with Gasteiger partial charge in [0.05, 0.1) is 6.54 Å². The molecule has 0 atom stereocenters. The first-order valence-corrected chi connectivity index (χ1v) is 9.41. The number of nitrogens with zero attached hydrogens (tertiary/aromatic N) is 2. The molecule has 1 heterocycles. The maximum absolute atomic E-state index is 12.0. The van der Waals surface area contributed by atoms with E-state index in [2.05, 4.69) is 25.9 Å². The van der Waals surface area contributed by atoms with Gasteiger partial charge in [0.2, 0.25) is 0 Å². The number of phenolic OH excluding ortho intramolecular Hbond substituents is 1. The third kappa shape index (κ3) is 8.57. The van der Waals surface area contributed by atoms with E-state index in [1.165, 1.54) is 17.0 Å². The van der Waals surface area contributed by atoms with Crippen molar-refractivity contribution in [1.29, 1.82) is 0 Å². The first-order chi connectivity index (χ1) is 12.6. The van der Waals surface area contributed by atoms with Gasteiger partial charge in [-0.25, -0.2) is 9.98 Å². The highest BCUT2D eigenvalue weighted by atomic mass is 127. The van der Waals surface area contributed by atoms with Crippen molar-refractivity contribution < 1.29 is 9.90 Å². The SMILES string of the molecule is CCNC(=NCc1ncc(C)s1)NCCCNC(=O)c1cccc(O)c1.I. The Labute approximate surface area is 180 Å². The van der Waals surface area contributed by atoms with E-state index >= 15 is 0 Å². The standard InChI is InChI=1S/C18H25N5O2S.HI/c1-3-19-18(23-12-16-22-11-13(2)26-16)21-9-5-8-20-17(25)14-6-4-7-15(24)10-14;/h4,6-7,10-11,24H,3,5,8-9,12H2,1-2H3,(H,20,25)(H2,19,21,23);1H. The minimum Gasteiger partial charge on any atom is -0.508 e. The van der Waals surface area contributed by atoms with E-state index in [4.69, 9.17) is 0 Å². The van der Waals surface area contributed by atoms with E-state index in [9.17, 15) is 9.90 Å². The van der Waals surface area contributed by atoms with Crippen molar-refractivity contribution in [3.8, 4) is 5.75 Å². The van der Waals surface area contributed by atoms with Crippen LogP contribution in [-0.4, -0.2) is 41.6 Å². The van der Waals surface area contributed by atoms with Gasteiger partial charge in [0.25, 0.3) is 5.91 Å². The summed E-state index contributed by atoms with van der Waals surface area (Å²) < 4.78 is 0. The van der Waals surface area contributed by atoms with Gasteiger partial charge in [-0.05, 0) is 38.5 Å². The zero-order chi connectivity index (χ0) is 18.8. The Hall–Kier alpha value is -1.88. The number of carbonyl (C=O) groups excluding carboxylic acids is 1. The van der Waals surface area contributed by atoms with Crippen molar-refractivity contribution in [2.45, 2.75) is 26.8 Å². The molecule has 4 N–H and O–H groups in total. The molecule has 1 amide bonds. The zero-order valence-corrected chi connectivity index (χ0v) is 18.6. The summed E-state index contributed by atoms with van der Waals surface area (Å²) in [6.07, 6.45) is 2.61. The van der Waals surface area contributed by atoms with Crippen molar-refractivity contribution in [2.24, 2.45) is 4.99 Å². The van der Waals surface area contributed by atoms with Crippen LogP contribution >= 0.6 is 35.3 Å². The highest BCUT2D eigenvalue weighted by Crippen LogP contribution is 2.12. The zero-order valence-electron chi connectivity index (χ0n) is 15.5. The lowest BCUT2D eigenvalue weighted by Gasteiger charge is -2.11. The van der Waals surface area contributed by atoms with E-state index in [-0.39, 0.29) is 35.6 Å². The summed E-state index contributed by atoms with van der Waals surface area (Å²) in [6, 6.07) is 6.30. The summed E-state index contributed by atoms with van der Waals surface area (Å²) in [5.41, 5.74) is 0.451. The van der Waals surface area contributed by atoms with Crippen molar-refractivity contribution in [2.75, 3.05) is 19.6 Å². The van der Waals surface area contributed by atoms with Gasteiger partial charge in [-0.2, -0.15) is 0 Å². The maximum Gasteiger partial charge on any atom is 0.251 e. The molecule has 0 aliphatic carbocycles. The maximum atomic E-state index is 12.0. The molecular weight excluding hydrogens is 477 g/mol. The number of phenols is 1. The largest absolute Gasteiger partial charge is 0.508 e. The van der Waals surface area contributed by atoms with Gasteiger partial charge >= 0.3 is 0 Å². The number of aliphatic imine (C=N–C) groups is 1. The Kier molecular flexibility index (Phi) is 10.7. The minimum atomic E-state index is -0.194. The second-order valence-corrected chi connectivity index (χ2v) is 6.97. The van der Waals surface area contributed by atoms with Crippen LogP contribution < -0.4 is 16.0 Å². The molecule has 0 radical (unpaired) electrons. The van der Waals surface area contributed by atoms with Crippen LogP contribution in [0.2, 0.25) is 0 Å². The fraction of sp³-hybridized carbons (Fsp3) is 0.389. The van der Waals surface area contributed by atoms with Crippen LogP contribution in [0.4, 0.5) is 0 Å². The molecule has 0 saturated carbocycles. The number of rotatable bonds is 8. The summed E-state index contributed by atoms with van der Waals surface area (Å²) >= 11 is 1.64. The number of benzene rings is 1. The molecule has 0 spiro atoms.